The van der Waals surface area contributed by atoms with Gasteiger partial charge in [0.05, 0.1) is 7.11 Å². The van der Waals surface area contributed by atoms with Gasteiger partial charge in [-0.2, -0.15) is 0 Å². The van der Waals surface area contributed by atoms with E-state index in [1.807, 2.05) is 12.2 Å². The minimum atomic E-state index is 0.144. The Morgan fingerprint density at radius 3 is 2.88 bits per heavy atom. The Hall–Kier alpha value is -1.65. The minimum absolute atomic E-state index is 0.144. The number of likely N-dealkylation sites (tertiary alicyclic amines) is 1. The van der Waals surface area contributed by atoms with Crippen LogP contribution in [0.3, 0.4) is 0 Å². The molecule has 0 bridgehead atoms. The van der Waals surface area contributed by atoms with Gasteiger partial charge in [0.25, 0.3) is 0 Å². The summed E-state index contributed by atoms with van der Waals surface area (Å²) in [7, 11) is 1.68. The molecule has 1 heterocycles. The summed E-state index contributed by atoms with van der Waals surface area (Å²) in [5, 5.41) is 0. The number of carbonyl (C=O) groups excluding carboxylic acids is 1. The summed E-state index contributed by atoms with van der Waals surface area (Å²) < 4.78 is 5.46. The van der Waals surface area contributed by atoms with Gasteiger partial charge in [0, 0.05) is 30.5 Å². The molecule has 0 amide bonds. The van der Waals surface area contributed by atoms with Crippen LogP contribution in [0.5, 0.6) is 0 Å². The molecule has 3 aliphatic rings. The number of carbonyl (C=O) groups is 1. The standard InChI is InChI=1S/C22H32N2O2/c1-4-11-24-12-5-6-16(14-24)22(25)18-7-8-19-17(15(18)2)9-10-21(26-3)20(19)13-23/h7-10,15-17H,4-6,11-14,23H2,1-3H3. The number of nitrogens with zero attached hydrogens (tertiary/aromatic N) is 1. The Morgan fingerprint density at radius 2 is 2.19 bits per heavy atom. The van der Waals surface area contributed by atoms with Gasteiger partial charge >= 0.3 is 0 Å². The first-order valence-electron chi connectivity index (χ1n) is 9.94. The van der Waals surface area contributed by atoms with E-state index in [-0.39, 0.29) is 17.8 Å². The highest BCUT2D eigenvalue weighted by Gasteiger charge is 2.36. The summed E-state index contributed by atoms with van der Waals surface area (Å²) in [5.41, 5.74) is 9.20. The van der Waals surface area contributed by atoms with Gasteiger partial charge < -0.3 is 15.4 Å². The Balaban J connectivity index is 1.82. The normalized spacial score (nSPS) is 29.2. The fourth-order valence-corrected chi connectivity index (χ4v) is 4.65. The van der Waals surface area contributed by atoms with Crippen LogP contribution >= 0.6 is 0 Å². The van der Waals surface area contributed by atoms with Crippen LogP contribution in [0.15, 0.2) is 46.8 Å². The van der Waals surface area contributed by atoms with E-state index in [4.69, 9.17) is 10.5 Å². The molecule has 1 saturated heterocycles. The molecule has 3 rings (SSSR count). The lowest BCUT2D eigenvalue weighted by Gasteiger charge is -2.36. The number of nitrogens with two attached hydrogens (primary N) is 1. The third-order valence-electron chi connectivity index (χ3n) is 6.06. The highest BCUT2D eigenvalue weighted by Crippen LogP contribution is 2.41. The highest BCUT2D eigenvalue weighted by atomic mass is 16.5. The predicted octanol–water partition coefficient (Wildman–Crippen LogP) is 3.23. The van der Waals surface area contributed by atoms with Crippen LogP contribution < -0.4 is 5.73 Å². The molecular weight excluding hydrogens is 324 g/mol. The van der Waals surface area contributed by atoms with Crippen molar-refractivity contribution in [3.63, 3.8) is 0 Å². The molecule has 3 atom stereocenters. The molecule has 2 N–H and O–H groups in total. The highest BCUT2D eigenvalue weighted by molar-refractivity contribution is 5.98. The average molecular weight is 357 g/mol. The third-order valence-corrected chi connectivity index (χ3v) is 6.06. The summed E-state index contributed by atoms with van der Waals surface area (Å²) in [6, 6.07) is 0. The van der Waals surface area contributed by atoms with Crippen LogP contribution in [0.25, 0.3) is 0 Å². The van der Waals surface area contributed by atoms with E-state index in [2.05, 4.69) is 30.9 Å². The van der Waals surface area contributed by atoms with Gasteiger partial charge in [-0.05, 0) is 55.5 Å². The van der Waals surface area contributed by atoms with Crippen LogP contribution in [-0.4, -0.2) is 44.0 Å². The van der Waals surface area contributed by atoms with Crippen molar-refractivity contribution in [2.75, 3.05) is 33.3 Å². The summed E-state index contributed by atoms with van der Waals surface area (Å²) in [5.74, 6) is 1.73. The number of fused-ring (bicyclic) bond motifs is 1. The second kappa shape index (κ2) is 8.36. The summed E-state index contributed by atoms with van der Waals surface area (Å²) in [6.07, 6.45) is 11.6. The number of piperidine rings is 1. The van der Waals surface area contributed by atoms with Crippen LogP contribution in [0.1, 0.15) is 33.1 Å². The zero-order valence-corrected chi connectivity index (χ0v) is 16.3. The first kappa shape index (κ1) is 19.1. The number of hydrogen-bond donors (Lipinski definition) is 1. The molecule has 1 aliphatic heterocycles. The lowest BCUT2D eigenvalue weighted by atomic mass is 9.71. The fourth-order valence-electron chi connectivity index (χ4n) is 4.65. The molecule has 3 unspecified atom stereocenters. The van der Waals surface area contributed by atoms with Gasteiger partial charge in [-0.25, -0.2) is 0 Å². The van der Waals surface area contributed by atoms with Crippen molar-refractivity contribution < 1.29 is 9.53 Å². The molecule has 0 aromatic heterocycles. The van der Waals surface area contributed by atoms with Crippen LogP contribution in [-0.2, 0) is 9.53 Å². The fraction of sp³-hybridized carbons (Fsp3) is 0.591. The van der Waals surface area contributed by atoms with Gasteiger partial charge in [-0.3, -0.25) is 4.79 Å². The first-order chi connectivity index (χ1) is 12.6. The molecule has 2 aliphatic carbocycles. The van der Waals surface area contributed by atoms with Crippen molar-refractivity contribution in [3.05, 3.63) is 46.8 Å². The lowest BCUT2D eigenvalue weighted by molar-refractivity contribution is -0.121. The Bertz CT molecular complexity index is 670. The smallest absolute Gasteiger partial charge is 0.163 e. The van der Waals surface area contributed by atoms with Gasteiger partial charge in [0.1, 0.15) is 5.76 Å². The van der Waals surface area contributed by atoms with E-state index in [1.165, 1.54) is 5.57 Å². The second-order valence-electron chi connectivity index (χ2n) is 7.67. The van der Waals surface area contributed by atoms with Crippen molar-refractivity contribution in [1.82, 2.24) is 4.90 Å². The van der Waals surface area contributed by atoms with Gasteiger partial charge in [-0.1, -0.05) is 32.1 Å². The SMILES string of the molecule is CCCN1CCCC(C(=O)C2=CC=C3C(CN)=C(OC)C=CC3C2C)C1. The van der Waals surface area contributed by atoms with Crippen LogP contribution in [0, 0.1) is 17.8 Å². The molecule has 0 aromatic carbocycles. The quantitative estimate of drug-likeness (QED) is 0.794. The molecule has 26 heavy (non-hydrogen) atoms. The number of ketones is 1. The van der Waals surface area contributed by atoms with E-state index in [0.717, 1.165) is 55.8 Å². The monoisotopic (exact) mass is 356 g/mol. The Labute approximate surface area is 157 Å². The maximum Gasteiger partial charge on any atom is 0.163 e. The molecular formula is C22H32N2O2. The number of allylic oxidation sites excluding steroid dienone is 5. The molecule has 142 valence electrons. The Kier molecular flexibility index (Phi) is 6.15. The summed E-state index contributed by atoms with van der Waals surface area (Å²) in [4.78, 5) is 15.7. The van der Waals surface area contributed by atoms with Gasteiger partial charge in [-0.15, -0.1) is 0 Å². The lowest BCUT2D eigenvalue weighted by Crippen LogP contribution is -2.40. The van der Waals surface area contributed by atoms with Gasteiger partial charge in [0.2, 0.25) is 0 Å². The number of Topliss-reactive ketones (excluding diaryl/α,β-unsaturated/α-hetero) is 1. The van der Waals surface area contributed by atoms with E-state index in [0.29, 0.717) is 12.3 Å². The molecule has 4 heteroatoms. The van der Waals surface area contributed by atoms with Crippen molar-refractivity contribution in [3.8, 4) is 0 Å². The number of ether oxygens (including phenoxy) is 1. The maximum atomic E-state index is 13.2. The topological polar surface area (TPSA) is 55.6 Å². The van der Waals surface area contributed by atoms with Crippen molar-refractivity contribution in [2.45, 2.75) is 33.1 Å². The molecule has 4 nitrogen and oxygen atoms in total. The number of hydrogen-bond acceptors (Lipinski definition) is 4. The third kappa shape index (κ3) is 3.58. The predicted molar refractivity (Wildman–Crippen MR) is 106 cm³/mol. The molecule has 0 spiro atoms. The van der Waals surface area contributed by atoms with Crippen molar-refractivity contribution in [2.24, 2.45) is 23.5 Å². The first-order valence-corrected chi connectivity index (χ1v) is 9.94. The van der Waals surface area contributed by atoms with E-state index in [9.17, 15) is 4.79 Å². The molecule has 0 radical (unpaired) electrons. The summed E-state index contributed by atoms with van der Waals surface area (Å²) in [6.45, 7) is 7.97. The van der Waals surface area contributed by atoms with Crippen molar-refractivity contribution in [1.29, 1.82) is 0 Å². The van der Waals surface area contributed by atoms with E-state index >= 15 is 0 Å². The molecule has 0 aromatic rings. The van der Waals surface area contributed by atoms with Crippen LogP contribution in [0.4, 0.5) is 0 Å². The van der Waals surface area contributed by atoms with Crippen molar-refractivity contribution >= 4 is 5.78 Å². The Morgan fingerprint density at radius 1 is 1.38 bits per heavy atom. The van der Waals surface area contributed by atoms with E-state index < -0.39 is 0 Å². The van der Waals surface area contributed by atoms with E-state index in [1.54, 1.807) is 7.11 Å². The summed E-state index contributed by atoms with van der Waals surface area (Å²) >= 11 is 0. The molecule has 0 saturated carbocycles. The molecule has 1 fully saturated rings. The zero-order valence-electron chi connectivity index (χ0n) is 16.3. The second-order valence-corrected chi connectivity index (χ2v) is 7.67. The largest absolute Gasteiger partial charge is 0.496 e. The number of methoxy groups -OCH3 is 1. The van der Waals surface area contributed by atoms with Crippen LogP contribution in [0.2, 0.25) is 0 Å². The zero-order chi connectivity index (χ0) is 18.7. The van der Waals surface area contributed by atoms with Gasteiger partial charge in [0.15, 0.2) is 5.78 Å². The number of rotatable bonds is 6. The average Bonchev–Trinajstić information content (AvgIpc) is 2.67. The maximum absolute atomic E-state index is 13.2. The minimum Gasteiger partial charge on any atom is -0.496 e.